The highest BCUT2D eigenvalue weighted by molar-refractivity contribution is 5.97. The van der Waals surface area contributed by atoms with Gasteiger partial charge in [-0.05, 0) is 56.3 Å². The molecule has 1 amide bonds. The number of hydrogen-bond acceptors (Lipinski definition) is 9. The molecule has 0 radical (unpaired) electrons. The molecule has 3 aromatic rings. The smallest absolute Gasteiger partial charge is 0.318 e. The van der Waals surface area contributed by atoms with Crippen LogP contribution in [0.1, 0.15) is 42.5 Å². The fraction of sp³-hybridized carbons (Fsp3) is 0.500. The van der Waals surface area contributed by atoms with E-state index in [2.05, 4.69) is 77.7 Å². The Hall–Kier alpha value is -4.20. The second-order valence-corrected chi connectivity index (χ2v) is 13.4. The van der Waals surface area contributed by atoms with Crippen LogP contribution in [0.2, 0.25) is 0 Å². The summed E-state index contributed by atoms with van der Waals surface area (Å²) in [6.07, 6.45) is 5.75. The Morgan fingerprint density at radius 3 is 2.67 bits per heavy atom. The van der Waals surface area contributed by atoms with E-state index in [9.17, 15) is 10.1 Å². The molecule has 1 spiro atoms. The fourth-order valence-electron chi connectivity index (χ4n) is 7.84. The lowest BCUT2D eigenvalue weighted by Gasteiger charge is -2.44. The maximum Gasteiger partial charge on any atom is 0.318 e. The van der Waals surface area contributed by atoms with E-state index in [1.807, 2.05) is 0 Å². The molecule has 0 N–H and O–H groups in total. The van der Waals surface area contributed by atoms with E-state index in [0.29, 0.717) is 38.8 Å². The van der Waals surface area contributed by atoms with Crippen molar-refractivity contribution in [3.8, 4) is 12.1 Å². The van der Waals surface area contributed by atoms with Crippen LogP contribution in [0.15, 0.2) is 49.1 Å². The SMILES string of the molecule is C=CC(=O)N1CCN(c2nc(OC[C@@H]3C[C@@H](OC)CN3C)nc3c2CC2(CC2)N(c2cccc4cccc(C)c24)C3)C[C@@H]1CC#N. The molecule has 2 aromatic carbocycles. The van der Waals surface area contributed by atoms with Crippen LogP contribution in [-0.2, 0) is 22.5 Å². The molecule has 7 rings (SSSR count). The number of hydrogen-bond donors (Lipinski definition) is 0. The van der Waals surface area contributed by atoms with Crippen LogP contribution in [0.25, 0.3) is 10.8 Å². The van der Waals surface area contributed by atoms with Gasteiger partial charge in [-0.3, -0.25) is 9.69 Å². The maximum absolute atomic E-state index is 12.7. The number of nitrogens with zero attached hydrogens (tertiary/aromatic N) is 7. The van der Waals surface area contributed by atoms with Crippen molar-refractivity contribution in [3.63, 3.8) is 0 Å². The number of rotatable bonds is 8. The average molecular weight is 622 g/mol. The summed E-state index contributed by atoms with van der Waals surface area (Å²) >= 11 is 0. The van der Waals surface area contributed by atoms with Crippen molar-refractivity contribution in [1.82, 2.24) is 19.8 Å². The summed E-state index contributed by atoms with van der Waals surface area (Å²) in [5.41, 5.74) is 4.69. The third-order valence-corrected chi connectivity index (χ3v) is 10.6. The lowest BCUT2D eigenvalue weighted by molar-refractivity contribution is -0.128. The number of carbonyl (C=O) groups excluding carboxylic acids is 1. The highest BCUT2D eigenvalue weighted by Crippen LogP contribution is 2.53. The number of aryl methyl sites for hydroxylation is 1. The van der Waals surface area contributed by atoms with E-state index in [0.717, 1.165) is 49.3 Å². The van der Waals surface area contributed by atoms with E-state index in [4.69, 9.17) is 19.4 Å². The van der Waals surface area contributed by atoms with Gasteiger partial charge in [0.05, 0.1) is 36.9 Å². The van der Waals surface area contributed by atoms with Gasteiger partial charge >= 0.3 is 6.01 Å². The molecule has 3 atom stereocenters. The number of likely N-dealkylation sites (tertiary alicyclic amines) is 1. The topological polar surface area (TPSA) is 98.1 Å². The lowest BCUT2D eigenvalue weighted by atomic mass is 9.92. The maximum atomic E-state index is 12.7. The zero-order valence-corrected chi connectivity index (χ0v) is 27.1. The minimum atomic E-state index is -0.244. The van der Waals surface area contributed by atoms with Crippen LogP contribution in [0.5, 0.6) is 6.01 Å². The number of amides is 1. The summed E-state index contributed by atoms with van der Waals surface area (Å²) in [4.78, 5) is 31.7. The molecule has 1 aromatic heterocycles. The highest BCUT2D eigenvalue weighted by Gasteiger charge is 2.52. The van der Waals surface area contributed by atoms with Crippen molar-refractivity contribution < 1.29 is 14.3 Å². The van der Waals surface area contributed by atoms with Gasteiger partial charge < -0.3 is 24.2 Å². The molecule has 3 aliphatic heterocycles. The van der Waals surface area contributed by atoms with Crippen LogP contribution < -0.4 is 14.5 Å². The van der Waals surface area contributed by atoms with Gasteiger partial charge in [-0.15, -0.1) is 0 Å². The van der Waals surface area contributed by atoms with E-state index >= 15 is 0 Å². The van der Waals surface area contributed by atoms with Gasteiger partial charge in [-0.2, -0.15) is 15.2 Å². The molecule has 4 aliphatic rings. The second kappa shape index (κ2) is 12.2. The summed E-state index contributed by atoms with van der Waals surface area (Å²) in [6, 6.07) is 15.8. The van der Waals surface area contributed by atoms with Crippen molar-refractivity contribution in [2.45, 2.75) is 69.3 Å². The first-order chi connectivity index (χ1) is 22.3. The van der Waals surface area contributed by atoms with E-state index in [1.54, 1.807) is 12.0 Å². The largest absolute Gasteiger partial charge is 0.462 e. The molecule has 240 valence electrons. The number of likely N-dealkylation sites (N-methyl/N-ethyl adjacent to an activating group) is 1. The van der Waals surface area contributed by atoms with Crippen molar-refractivity contribution in [1.29, 1.82) is 5.26 Å². The molecule has 10 heteroatoms. The molecular weight excluding hydrogens is 578 g/mol. The number of benzene rings is 2. The summed E-state index contributed by atoms with van der Waals surface area (Å²) in [5.74, 6) is 0.741. The highest BCUT2D eigenvalue weighted by atomic mass is 16.5. The molecule has 0 unspecified atom stereocenters. The molecule has 0 bridgehead atoms. The third kappa shape index (κ3) is 5.46. The molecular formula is C36H43N7O3. The Balaban J connectivity index is 1.26. The van der Waals surface area contributed by atoms with Crippen LogP contribution >= 0.6 is 0 Å². The third-order valence-electron chi connectivity index (χ3n) is 10.6. The first-order valence-electron chi connectivity index (χ1n) is 16.4. The van der Waals surface area contributed by atoms with Crippen molar-refractivity contribution in [2.75, 3.05) is 56.7 Å². The minimum absolute atomic E-state index is 0.0124. The second-order valence-electron chi connectivity index (χ2n) is 13.4. The first-order valence-corrected chi connectivity index (χ1v) is 16.4. The molecule has 10 nitrogen and oxygen atoms in total. The minimum Gasteiger partial charge on any atom is -0.462 e. The van der Waals surface area contributed by atoms with Crippen LogP contribution in [0.4, 0.5) is 11.5 Å². The van der Waals surface area contributed by atoms with Crippen LogP contribution in [0.3, 0.4) is 0 Å². The summed E-state index contributed by atoms with van der Waals surface area (Å²) in [5, 5.41) is 12.2. The number of piperazine rings is 1. The van der Waals surface area contributed by atoms with Gasteiger partial charge in [0.25, 0.3) is 0 Å². The predicted octanol–water partition coefficient (Wildman–Crippen LogP) is 4.25. The van der Waals surface area contributed by atoms with Crippen molar-refractivity contribution in [2.24, 2.45) is 0 Å². The normalized spacial score (nSPS) is 23.8. The van der Waals surface area contributed by atoms with Gasteiger partial charge in [-0.1, -0.05) is 36.9 Å². The Labute approximate surface area is 271 Å². The van der Waals surface area contributed by atoms with Crippen molar-refractivity contribution in [3.05, 3.63) is 65.9 Å². The number of anilines is 2. The van der Waals surface area contributed by atoms with Crippen molar-refractivity contribution >= 4 is 28.2 Å². The van der Waals surface area contributed by atoms with Gasteiger partial charge in [0.2, 0.25) is 5.91 Å². The van der Waals surface area contributed by atoms with Crippen LogP contribution in [-0.4, -0.2) is 96.3 Å². The summed E-state index contributed by atoms with van der Waals surface area (Å²) < 4.78 is 12.0. The van der Waals surface area contributed by atoms with E-state index in [-0.39, 0.29) is 36.1 Å². The number of fused-ring (bicyclic) bond motifs is 2. The Bertz CT molecular complexity index is 1690. The van der Waals surface area contributed by atoms with Gasteiger partial charge in [0.15, 0.2) is 0 Å². The van der Waals surface area contributed by atoms with E-state index < -0.39 is 0 Å². The van der Waals surface area contributed by atoms with Crippen LogP contribution in [0, 0.1) is 18.3 Å². The number of ether oxygens (including phenoxy) is 2. The van der Waals surface area contributed by atoms with Gasteiger partial charge in [0, 0.05) is 67.9 Å². The average Bonchev–Trinajstić information content (AvgIpc) is 3.74. The zero-order valence-electron chi connectivity index (χ0n) is 27.1. The Kier molecular flexibility index (Phi) is 8.07. The molecule has 4 heterocycles. The standard InChI is InChI=1S/C36H43N7O3/c1-5-32(44)42-17-16-41(20-26(42)12-15-37)34-29-19-36(13-14-36)43(31-11-7-10-25-9-6-8-24(2)33(25)31)22-30(29)38-35(39-34)46-23-27-18-28(45-4)21-40(27)3/h5-11,26-28H,1,12-14,16-23H2,2-4H3/t26-,27-,28+/m0/s1. The molecule has 1 aliphatic carbocycles. The molecule has 3 fully saturated rings. The van der Waals surface area contributed by atoms with Gasteiger partial charge in [-0.25, -0.2) is 0 Å². The first kappa shape index (κ1) is 30.5. The Morgan fingerprint density at radius 1 is 1.15 bits per heavy atom. The number of nitriles is 1. The fourth-order valence-corrected chi connectivity index (χ4v) is 7.84. The number of carbonyl (C=O) groups is 1. The van der Waals surface area contributed by atoms with E-state index in [1.165, 1.54) is 28.1 Å². The predicted molar refractivity (Wildman–Crippen MR) is 178 cm³/mol. The molecule has 2 saturated heterocycles. The quantitative estimate of drug-likeness (QED) is 0.342. The molecule has 1 saturated carbocycles. The lowest BCUT2D eigenvalue weighted by Crippen LogP contribution is -2.55. The molecule has 46 heavy (non-hydrogen) atoms. The Morgan fingerprint density at radius 2 is 1.96 bits per heavy atom. The monoisotopic (exact) mass is 621 g/mol. The summed E-state index contributed by atoms with van der Waals surface area (Å²) in [7, 11) is 3.86. The number of methoxy groups -OCH3 is 1. The number of aromatic nitrogens is 2. The zero-order chi connectivity index (χ0) is 32.0. The summed E-state index contributed by atoms with van der Waals surface area (Å²) in [6.45, 7) is 9.53. The van der Waals surface area contributed by atoms with Gasteiger partial charge in [0.1, 0.15) is 12.4 Å².